The zero-order valence-corrected chi connectivity index (χ0v) is 9.26. The Morgan fingerprint density at radius 3 is 2.36 bits per heavy atom. The molecule has 78 valence electrons. The lowest BCUT2D eigenvalue weighted by molar-refractivity contribution is -0.211. The van der Waals surface area contributed by atoms with Crippen molar-refractivity contribution in [2.45, 2.75) is 0 Å². The van der Waals surface area contributed by atoms with Gasteiger partial charge in [0.1, 0.15) is 0 Å². The Bertz CT molecular complexity index is 281. The van der Waals surface area contributed by atoms with Crippen molar-refractivity contribution in [3.05, 3.63) is 30.3 Å². The molecule has 0 unspecified atom stereocenters. The number of halogens is 1. The largest absolute Gasteiger partial charge is 1.00 e. The third-order valence-corrected chi connectivity index (χ3v) is 1.91. The molecular weight excluding hydrogens is 220 g/mol. The summed E-state index contributed by atoms with van der Waals surface area (Å²) in [4.78, 5) is 1.80. The van der Waals surface area contributed by atoms with E-state index in [-0.39, 0.29) is 19.0 Å². The predicted octanol–water partition coefficient (Wildman–Crippen LogP) is -2.98. The summed E-state index contributed by atoms with van der Waals surface area (Å²) < 4.78 is 0. The van der Waals surface area contributed by atoms with Crippen LogP contribution in [0.15, 0.2) is 30.3 Å². The maximum absolute atomic E-state index is 8.82. The van der Waals surface area contributed by atoms with Crippen molar-refractivity contribution in [1.29, 1.82) is 0 Å². The molecule has 0 atom stereocenters. The number of rotatable bonds is 3. The summed E-state index contributed by atoms with van der Waals surface area (Å²) in [5.74, 6) is 0. The standard InChI is InChI=1S/C9H12N2OS.ClH/c10-9(13)11(6-7-12)8-4-2-1-3-5-8;/h1-5,12H,6-7H2,(H2,10,13);1H. The van der Waals surface area contributed by atoms with Gasteiger partial charge in [0.2, 0.25) is 0 Å². The Morgan fingerprint density at radius 1 is 1.36 bits per heavy atom. The molecule has 0 aliphatic rings. The van der Waals surface area contributed by atoms with E-state index in [1.807, 2.05) is 30.3 Å². The molecule has 0 bridgehead atoms. The lowest BCUT2D eigenvalue weighted by Gasteiger charge is -2.18. The van der Waals surface area contributed by atoms with Gasteiger partial charge in [-0.3, -0.25) is 4.90 Å². The molecule has 0 amide bonds. The molecule has 0 spiro atoms. The van der Waals surface area contributed by atoms with Gasteiger partial charge in [0, 0.05) is 17.9 Å². The minimum atomic E-state index is 0. The first-order valence-electron chi connectivity index (χ1n) is 4.05. The van der Waals surface area contributed by atoms with Gasteiger partial charge in [0.05, 0.1) is 13.2 Å². The zero-order chi connectivity index (χ0) is 9.68. The number of para-hydroxylation sites is 1. The highest BCUT2D eigenvalue weighted by Crippen LogP contribution is 2.11. The molecule has 5 heteroatoms. The van der Waals surface area contributed by atoms with Crippen LogP contribution < -0.4 is 23.0 Å². The predicted molar refractivity (Wildman–Crippen MR) is 56.4 cm³/mol. The summed E-state index contributed by atoms with van der Waals surface area (Å²) in [6, 6.07) is 9.67. The molecule has 3 nitrogen and oxygen atoms in total. The third-order valence-electron chi connectivity index (χ3n) is 1.69. The zero-order valence-electron chi connectivity index (χ0n) is 7.69. The van der Waals surface area contributed by atoms with Crippen molar-refractivity contribution >= 4 is 23.0 Å². The van der Waals surface area contributed by atoms with Crippen LogP contribution in [0.5, 0.6) is 0 Å². The van der Waals surface area contributed by atoms with Gasteiger partial charge in [-0.15, -0.1) is 0 Å². The number of aliphatic hydroxyl groups is 1. The molecule has 0 heterocycles. The summed E-state index contributed by atoms with van der Waals surface area (Å²) in [5, 5.41) is 9.35. The molecule has 0 saturated carbocycles. The van der Waals surface area contributed by atoms with E-state index in [1.54, 1.807) is 4.90 Å². The summed E-state index contributed by atoms with van der Waals surface area (Å²) in [6.45, 7) is 0.566. The maximum Gasteiger partial charge on any atom is 0.272 e. The van der Waals surface area contributed by atoms with E-state index >= 15 is 0 Å². The summed E-state index contributed by atoms with van der Waals surface area (Å²) in [6.07, 6.45) is 0. The van der Waals surface area contributed by atoms with Gasteiger partial charge in [0.15, 0.2) is 0 Å². The van der Waals surface area contributed by atoms with Crippen molar-refractivity contribution in [1.82, 2.24) is 0 Å². The van der Waals surface area contributed by atoms with Gasteiger partial charge >= 0.3 is 0 Å². The number of nitrogens with zero attached hydrogens (tertiary/aromatic N) is 1. The van der Waals surface area contributed by atoms with Crippen LogP contribution in [0, 0.1) is 0 Å². The quantitative estimate of drug-likeness (QED) is 0.547. The van der Waals surface area contributed by atoms with Crippen LogP contribution in [0.25, 0.3) is 0 Å². The average Bonchev–Trinajstić information content (AvgIpc) is 2.15. The number of hydrogen-bond acceptors (Lipinski definition) is 2. The number of hydrogen-bond donors (Lipinski definition) is 2. The SMILES string of the molecule is [Cl-].[NH3+]C(=S)N(CCO)c1ccccc1. The smallest absolute Gasteiger partial charge is 0.272 e. The molecule has 4 N–H and O–H groups in total. The Balaban J connectivity index is 0.00000169. The van der Waals surface area contributed by atoms with E-state index in [9.17, 15) is 0 Å². The van der Waals surface area contributed by atoms with E-state index in [0.717, 1.165) is 5.69 Å². The van der Waals surface area contributed by atoms with Crippen molar-refractivity contribution < 1.29 is 23.2 Å². The van der Waals surface area contributed by atoms with Crippen LogP contribution >= 0.6 is 12.2 Å². The van der Waals surface area contributed by atoms with Crippen molar-refractivity contribution in [3.63, 3.8) is 0 Å². The van der Waals surface area contributed by atoms with Crippen molar-refractivity contribution in [3.8, 4) is 0 Å². The first kappa shape index (κ1) is 13.3. The highest BCUT2D eigenvalue weighted by molar-refractivity contribution is 7.80. The third kappa shape index (κ3) is 3.59. The molecular formula is C9H13ClN2OS. The summed E-state index contributed by atoms with van der Waals surface area (Å²) >= 11 is 4.97. The summed E-state index contributed by atoms with van der Waals surface area (Å²) in [7, 11) is 0. The van der Waals surface area contributed by atoms with Gasteiger partial charge in [0.25, 0.3) is 5.11 Å². The van der Waals surface area contributed by atoms with Gasteiger partial charge < -0.3 is 23.2 Å². The average molecular weight is 233 g/mol. The fourth-order valence-corrected chi connectivity index (χ4v) is 1.30. The Hall–Kier alpha value is -0.680. The van der Waals surface area contributed by atoms with Crippen LogP contribution in [-0.2, 0) is 0 Å². The second kappa shape index (κ2) is 6.73. The molecule has 0 fully saturated rings. The van der Waals surface area contributed by atoms with E-state index in [2.05, 4.69) is 5.73 Å². The molecule has 0 aliphatic carbocycles. The Labute approximate surface area is 94.9 Å². The van der Waals surface area contributed by atoms with Crippen LogP contribution in [0.4, 0.5) is 5.69 Å². The first-order valence-corrected chi connectivity index (χ1v) is 4.46. The van der Waals surface area contributed by atoms with Crippen LogP contribution in [-0.4, -0.2) is 23.4 Å². The van der Waals surface area contributed by atoms with Crippen molar-refractivity contribution in [2.24, 2.45) is 0 Å². The lowest BCUT2D eigenvalue weighted by atomic mass is 10.3. The Kier molecular flexibility index (Phi) is 6.40. The molecule has 0 radical (unpaired) electrons. The number of thiocarbonyl (C=S) groups is 1. The Morgan fingerprint density at radius 2 is 1.93 bits per heavy atom. The monoisotopic (exact) mass is 232 g/mol. The summed E-state index contributed by atoms with van der Waals surface area (Å²) in [5.41, 5.74) is 4.65. The van der Waals surface area contributed by atoms with Gasteiger partial charge in [-0.25, -0.2) is 0 Å². The highest BCUT2D eigenvalue weighted by Gasteiger charge is 2.09. The number of anilines is 1. The van der Waals surface area contributed by atoms with Crippen LogP contribution in [0.1, 0.15) is 0 Å². The van der Waals surface area contributed by atoms with Crippen molar-refractivity contribution in [2.75, 3.05) is 18.1 Å². The van der Waals surface area contributed by atoms with Gasteiger partial charge in [-0.2, -0.15) is 0 Å². The molecule has 1 aromatic carbocycles. The van der Waals surface area contributed by atoms with Crippen LogP contribution in [0.2, 0.25) is 0 Å². The fraction of sp³-hybridized carbons (Fsp3) is 0.222. The van der Waals surface area contributed by atoms with E-state index < -0.39 is 0 Å². The number of quaternary nitrogens is 1. The molecule has 0 aromatic heterocycles. The van der Waals surface area contributed by atoms with E-state index in [0.29, 0.717) is 11.7 Å². The second-order valence-corrected chi connectivity index (χ2v) is 3.08. The second-order valence-electron chi connectivity index (χ2n) is 2.60. The normalized spacial score (nSPS) is 9.00. The molecule has 14 heavy (non-hydrogen) atoms. The number of benzene rings is 1. The van der Waals surface area contributed by atoms with E-state index in [1.165, 1.54) is 0 Å². The number of aliphatic hydroxyl groups excluding tert-OH is 1. The molecule has 0 aliphatic heterocycles. The minimum absolute atomic E-state index is 0. The van der Waals surface area contributed by atoms with Gasteiger partial charge in [-0.1, -0.05) is 18.2 Å². The van der Waals surface area contributed by atoms with E-state index in [4.69, 9.17) is 17.3 Å². The molecule has 1 aromatic rings. The fourth-order valence-electron chi connectivity index (χ4n) is 1.11. The van der Waals surface area contributed by atoms with Crippen LogP contribution in [0.3, 0.4) is 0 Å². The minimum Gasteiger partial charge on any atom is -1.00 e. The molecule has 1 rings (SSSR count). The molecule has 0 saturated heterocycles. The lowest BCUT2D eigenvalue weighted by Crippen LogP contribution is -3.00. The maximum atomic E-state index is 8.82. The van der Waals surface area contributed by atoms with Gasteiger partial charge in [-0.05, 0) is 12.1 Å². The topological polar surface area (TPSA) is 51.1 Å². The first-order chi connectivity index (χ1) is 6.25. The highest BCUT2D eigenvalue weighted by atomic mass is 35.5.